The van der Waals surface area contributed by atoms with E-state index in [4.69, 9.17) is 0 Å². The van der Waals surface area contributed by atoms with Crippen LogP contribution >= 0.6 is 0 Å². The zero-order valence-corrected chi connectivity index (χ0v) is 15.3. The minimum Gasteiger partial charge on any atom is -0.357 e. The van der Waals surface area contributed by atoms with Crippen LogP contribution in [-0.2, 0) is 11.0 Å². The summed E-state index contributed by atoms with van der Waals surface area (Å²) in [4.78, 5) is 29.7. The third-order valence-corrected chi connectivity index (χ3v) is 4.80. The van der Waals surface area contributed by atoms with Gasteiger partial charge in [-0.2, -0.15) is 13.2 Å². The van der Waals surface area contributed by atoms with Gasteiger partial charge in [-0.1, -0.05) is 12.1 Å². The number of nitrogens with one attached hydrogen (secondary N) is 1. The van der Waals surface area contributed by atoms with Crippen molar-refractivity contribution in [1.82, 2.24) is 4.98 Å². The molecule has 1 fully saturated rings. The average Bonchev–Trinajstić information content (AvgIpc) is 2.68. The quantitative estimate of drug-likeness (QED) is 0.795. The van der Waals surface area contributed by atoms with Crippen LogP contribution < -0.4 is 10.2 Å². The summed E-state index contributed by atoms with van der Waals surface area (Å²) in [5, 5.41) is 2.84. The lowest BCUT2D eigenvalue weighted by Crippen LogP contribution is -2.38. The largest absolute Gasteiger partial charge is 0.417 e. The number of Topliss-reactive ketones (excluding diaryl/α,β-unsaturated/α-hetero) is 1. The van der Waals surface area contributed by atoms with E-state index >= 15 is 0 Å². The van der Waals surface area contributed by atoms with Crippen molar-refractivity contribution in [2.24, 2.45) is 5.92 Å². The number of benzene rings is 1. The number of anilines is 2. The summed E-state index contributed by atoms with van der Waals surface area (Å²) in [5.74, 6) is 0.0712. The van der Waals surface area contributed by atoms with Crippen LogP contribution in [0, 0.1) is 5.92 Å². The number of amides is 1. The minimum absolute atomic E-state index is 0.0755. The molecule has 1 aliphatic rings. The van der Waals surface area contributed by atoms with Gasteiger partial charge in [-0.3, -0.25) is 9.59 Å². The highest BCUT2D eigenvalue weighted by molar-refractivity contribution is 5.97. The van der Waals surface area contributed by atoms with Gasteiger partial charge in [0.15, 0.2) is 5.78 Å². The number of hydrogen-bond acceptors (Lipinski definition) is 4. The van der Waals surface area contributed by atoms with E-state index in [9.17, 15) is 22.8 Å². The molecule has 0 saturated carbocycles. The second-order valence-electron chi connectivity index (χ2n) is 6.79. The van der Waals surface area contributed by atoms with Crippen LogP contribution in [0.3, 0.4) is 0 Å². The summed E-state index contributed by atoms with van der Waals surface area (Å²) >= 11 is 0. The van der Waals surface area contributed by atoms with Gasteiger partial charge in [0.25, 0.3) is 0 Å². The molecule has 1 aromatic heterocycles. The van der Waals surface area contributed by atoms with E-state index in [0.29, 0.717) is 43.0 Å². The molecule has 148 valence electrons. The average molecular weight is 391 g/mol. The summed E-state index contributed by atoms with van der Waals surface area (Å²) in [6.45, 7) is 2.53. The third-order valence-electron chi connectivity index (χ3n) is 4.80. The molecule has 0 bridgehead atoms. The Labute approximate surface area is 160 Å². The number of halogens is 3. The Morgan fingerprint density at radius 2 is 1.86 bits per heavy atom. The number of ketones is 1. The van der Waals surface area contributed by atoms with Crippen molar-refractivity contribution < 1.29 is 22.8 Å². The van der Waals surface area contributed by atoms with Crippen LogP contribution in [-0.4, -0.2) is 29.8 Å². The Kier molecular flexibility index (Phi) is 5.67. The van der Waals surface area contributed by atoms with E-state index in [2.05, 4.69) is 10.3 Å². The molecule has 5 nitrogen and oxygen atoms in total. The fourth-order valence-corrected chi connectivity index (χ4v) is 3.17. The molecule has 28 heavy (non-hydrogen) atoms. The molecule has 0 atom stereocenters. The fourth-order valence-electron chi connectivity index (χ4n) is 3.17. The predicted molar refractivity (Wildman–Crippen MR) is 99.3 cm³/mol. The first-order valence-corrected chi connectivity index (χ1v) is 8.94. The number of alkyl halides is 3. The summed E-state index contributed by atoms with van der Waals surface area (Å²) in [7, 11) is 0. The number of aromatic nitrogens is 1. The second-order valence-corrected chi connectivity index (χ2v) is 6.79. The van der Waals surface area contributed by atoms with Gasteiger partial charge >= 0.3 is 6.18 Å². The van der Waals surface area contributed by atoms with Crippen molar-refractivity contribution in [2.45, 2.75) is 25.9 Å². The van der Waals surface area contributed by atoms with Crippen LogP contribution in [0.4, 0.5) is 24.7 Å². The van der Waals surface area contributed by atoms with Crippen molar-refractivity contribution in [3.05, 3.63) is 53.7 Å². The number of nitrogens with zero attached hydrogens (tertiary/aromatic N) is 2. The molecule has 8 heteroatoms. The van der Waals surface area contributed by atoms with E-state index < -0.39 is 11.7 Å². The molecule has 1 aliphatic heterocycles. The van der Waals surface area contributed by atoms with Crippen LogP contribution in [0.2, 0.25) is 0 Å². The Morgan fingerprint density at radius 3 is 2.43 bits per heavy atom. The lowest BCUT2D eigenvalue weighted by Gasteiger charge is -2.32. The van der Waals surface area contributed by atoms with Gasteiger partial charge in [-0.05, 0) is 44.0 Å². The molecular formula is C20H20F3N3O2. The lowest BCUT2D eigenvalue weighted by molar-refractivity contribution is -0.137. The molecule has 0 radical (unpaired) electrons. The zero-order chi connectivity index (χ0) is 20.3. The number of pyridine rings is 1. The smallest absolute Gasteiger partial charge is 0.357 e. The Balaban J connectivity index is 1.57. The monoisotopic (exact) mass is 391 g/mol. The SMILES string of the molecule is CC(=O)c1cccc(NC(=O)C2CCN(c3ccc(C(F)(F)F)cn3)CC2)c1. The van der Waals surface area contributed by atoms with Crippen LogP contribution in [0.5, 0.6) is 0 Å². The Morgan fingerprint density at radius 1 is 1.14 bits per heavy atom. The molecule has 1 saturated heterocycles. The van der Waals surface area contributed by atoms with E-state index in [0.717, 1.165) is 12.3 Å². The maximum Gasteiger partial charge on any atom is 0.417 e. The summed E-state index contributed by atoms with van der Waals surface area (Å²) < 4.78 is 37.9. The predicted octanol–water partition coefficient (Wildman–Crippen LogP) is 4.16. The molecule has 0 aliphatic carbocycles. The number of carbonyl (C=O) groups excluding carboxylic acids is 2. The number of piperidine rings is 1. The Hall–Kier alpha value is -2.90. The first-order valence-electron chi connectivity index (χ1n) is 8.94. The van der Waals surface area contributed by atoms with Crippen LogP contribution in [0.25, 0.3) is 0 Å². The lowest BCUT2D eigenvalue weighted by atomic mass is 9.95. The minimum atomic E-state index is -4.41. The van der Waals surface area contributed by atoms with Crippen LogP contribution in [0.15, 0.2) is 42.6 Å². The highest BCUT2D eigenvalue weighted by Crippen LogP contribution is 2.30. The molecule has 3 rings (SSSR count). The highest BCUT2D eigenvalue weighted by atomic mass is 19.4. The molecule has 2 heterocycles. The van der Waals surface area contributed by atoms with Crippen LogP contribution in [0.1, 0.15) is 35.7 Å². The number of hydrogen-bond donors (Lipinski definition) is 1. The van der Waals surface area contributed by atoms with Crippen molar-refractivity contribution in [3.63, 3.8) is 0 Å². The van der Waals surface area contributed by atoms with Gasteiger partial charge in [0.05, 0.1) is 5.56 Å². The van der Waals surface area contributed by atoms with E-state index in [1.807, 2.05) is 4.90 Å². The summed E-state index contributed by atoms with van der Waals surface area (Å²) in [5.41, 5.74) is 0.323. The first-order chi connectivity index (χ1) is 13.2. The van der Waals surface area contributed by atoms with Gasteiger partial charge in [0.2, 0.25) is 5.91 Å². The summed E-state index contributed by atoms with van der Waals surface area (Å²) in [6.07, 6.45) is -2.44. The van der Waals surface area contributed by atoms with Crippen molar-refractivity contribution in [3.8, 4) is 0 Å². The zero-order valence-electron chi connectivity index (χ0n) is 15.3. The third kappa shape index (κ3) is 4.68. The first kappa shape index (κ1) is 19.9. The van der Waals surface area contributed by atoms with E-state index in [1.165, 1.54) is 13.0 Å². The second kappa shape index (κ2) is 8.00. The molecule has 1 N–H and O–H groups in total. The normalized spacial score (nSPS) is 15.4. The maximum atomic E-state index is 12.6. The molecule has 1 amide bonds. The number of rotatable bonds is 4. The van der Waals surface area contributed by atoms with E-state index in [1.54, 1.807) is 24.3 Å². The van der Waals surface area contributed by atoms with Gasteiger partial charge in [0, 0.05) is 36.5 Å². The summed E-state index contributed by atoms with van der Waals surface area (Å²) in [6, 6.07) is 9.14. The van der Waals surface area contributed by atoms with Crippen molar-refractivity contribution >= 4 is 23.2 Å². The number of carbonyl (C=O) groups is 2. The fraction of sp³-hybridized carbons (Fsp3) is 0.350. The van der Waals surface area contributed by atoms with Crippen molar-refractivity contribution in [2.75, 3.05) is 23.3 Å². The highest BCUT2D eigenvalue weighted by Gasteiger charge is 2.31. The van der Waals surface area contributed by atoms with Gasteiger partial charge in [0.1, 0.15) is 5.82 Å². The van der Waals surface area contributed by atoms with Gasteiger partial charge in [-0.25, -0.2) is 4.98 Å². The standard InChI is InChI=1S/C20H20F3N3O2/c1-13(27)15-3-2-4-17(11-15)25-19(28)14-7-9-26(10-8-14)18-6-5-16(12-24-18)20(21,22)23/h2-6,11-12,14H,7-10H2,1H3,(H,25,28). The van der Waals surface area contributed by atoms with E-state index in [-0.39, 0.29) is 17.6 Å². The molecule has 0 unspecified atom stereocenters. The molecule has 2 aromatic rings. The molecular weight excluding hydrogens is 371 g/mol. The van der Waals surface area contributed by atoms with Crippen molar-refractivity contribution in [1.29, 1.82) is 0 Å². The maximum absolute atomic E-state index is 12.6. The van der Waals surface area contributed by atoms with Gasteiger partial charge in [-0.15, -0.1) is 0 Å². The Bertz CT molecular complexity index is 858. The van der Waals surface area contributed by atoms with Gasteiger partial charge < -0.3 is 10.2 Å². The molecule has 0 spiro atoms. The molecule has 1 aromatic carbocycles. The topological polar surface area (TPSA) is 62.3 Å².